The molecule has 0 radical (unpaired) electrons. The lowest BCUT2D eigenvalue weighted by Crippen LogP contribution is -2.21. The van der Waals surface area contributed by atoms with Gasteiger partial charge in [0.15, 0.2) is 0 Å². The van der Waals surface area contributed by atoms with Gasteiger partial charge in [-0.1, -0.05) is 13.0 Å². The van der Waals surface area contributed by atoms with E-state index in [0.29, 0.717) is 5.92 Å². The second kappa shape index (κ2) is 3.60. The quantitative estimate of drug-likeness (QED) is 0.693. The van der Waals surface area contributed by atoms with Gasteiger partial charge in [0.1, 0.15) is 5.82 Å². The Hall–Kier alpha value is -0.890. The Kier molecular flexibility index (Phi) is 2.55. The number of halogens is 1. The van der Waals surface area contributed by atoms with Crippen LogP contribution in [0.1, 0.15) is 54.0 Å². The van der Waals surface area contributed by atoms with E-state index in [1.54, 1.807) is 0 Å². The molecule has 1 aromatic rings. The lowest BCUT2D eigenvalue weighted by Gasteiger charge is -2.29. The van der Waals surface area contributed by atoms with Crippen molar-refractivity contribution >= 4 is 0 Å². The van der Waals surface area contributed by atoms with Gasteiger partial charge in [0.05, 0.1) is 0 Å². The van der Waals surface area contributed by atoms with Crippen LogP contribution in [-0.2, 0) is 0 Å². The lowest BCUT2D eigenvalue weighted by atomic mass is 9.78. The second-order valence-electron chi connectivity index (χ2n) is 4.72. The van der Waals surface area contributed by atoms with E-state index in [9.17, 15) is 4.39 Å². The van der Waals surface area contributed by atoms with Gasteiger partial charge in [-0.25, -0.2) is 4.39 Å². The Bertz CT molecular complexity index is 398. The summed E-state index contributed by atoms with van der Waals surface area (Å²) in [6.45, 7) is 5.87. The summed E-state index contributed by atoms with van der Waals surface area (Å²) in [5.41, 5.74) is 9.87. The Morgan fingerprint density at radius 1 is 1.33 bits per heavy atom. The zero-order chi connectivity index (χ0) is 11.2. The SMILES string of the molecule is Cc1cc2c(c(C)c1F)C(N)CCC2C. The van der Waals surface area contributed by atoms with Crippen molar-refractivity contribution in [2.24, 2.45) is 5.73 Å². The summed E-state index contributed by atoms with van der Waals surface area (Å²) in [7, 11) is 0. The standard InChI is InChI=1S/C13H18FN/c1-7-4-5-11(15)12-9(3)13(14)8(2)6-10(7)12/h6-7,11H,4-5,15H2,1-3H3. The van der Waals surface area contributed by atoms with E-state index in [1.165, 1.54) is 5.56 Å². The molecule has 2 heteroatoms. The van der Waals surface area contributed by atoms with E-state index in [0.717, 1.165) is 29.5 Å². The number of benzene rings is 1. The van der Waals surface area contributed by atoms with Crippen molar-refractivity contribution in [3.63, 3.8) is 0 Å². The maximum Gasteiger partial charge on any atom is 0.129 e. The molecular formula is C13H18FN. The Morgan fingerprint density at radius 3 is 2.67 bits per heavy atom. The molecule has 0 amide bonds. The van der Waals surface area contributed by atoms with Gasteiger partial charge >= 0.3 is 0 Å². The van der Waals surface area contributed by atoms with E-state index in [1.807, 2.05) is 19.9 Å². The third-order valence-electron chi connectivity index (χ3n) is 3.57. The highest BCUT2D eigenvalue weighted by molar-refractivity contribution is 5.44. The highest BCUT2D eigenvalue weighted by Crippen LogP contribution is 2.39. The fraction of sp³-hybridized carbons (Fsp3) is 0.538. The summed E-state index contributed by atoms with van der Waals surface area (Å²) in [5, 5.41) is 0. The second-order valence-corrected chi connectivity index (χ2v) is 4.72. The van der Waals surface area contributed by atoms with Crippen LogP contribution in [0.15, 0.2) is 6.07 Å². The van der Waals surface area contributed by atoms with Crippen molar-refractivity contribution in [3.8, 4) is 0 Å². The van der Waals surface area contributed by atoms with Crippen molar-refractivity contribution in [2.45, 2.75) is 45.6 Å². The molecule has 0 aromatic heterocycles. The molecule has 2 N–H and O–H groups in total. The molecule has 2 unspecified atom stereocenters. The van der Waals surface area contributed by atoms with Crippen LogP contribution < -0.4 is 5.73 Å². The first kappa shape index (κ1) is 10.6. The smallest absolute Gasteiger partial charge is 0.129 e. The van der Waals surface area contributed by atoms with Gasteiger partial charge in [-0.2, -0.15) is 0 Å². The summed E-state index contributed by atoms with van der Waals surface area (Å²) in [4.78, 5) is 0. The molecule has 1 aliphatic rings. The van der Waals surface area contributed by atoms with E-state index < -0.39 is 0 Å². The molecule has 0 spiro atoms. The van der Waals surface area contributed by atoms with Crippen molar-refractivity contribution in [2.75, 3.05) is 0 Å². The number of aryl methyl sites for hydroxylation is 1. The van der Waals surface area contributed by atoms with Crippen LogP contribution in [0.25, 0.3) is 0 Å². The minimum Gasteiger partial charge on any atom is -0.324 e. The van der Waals surface area contributed by atoms with Crippen molar-refractivity contribution < 1.29 is 4.39 Å². The predicted octanol–water partition coefficient (Wildman–Crippen LogP) is 3.34. The van der Waals surface area contributed by atoms with Gasteiger partial charge < -0.3 is 5.73 Å². The Morgan fingerprint density at radius 2 is 2.00 bits per heavy atom. The molecule has 1 nitrogen and oxygen atoms in total. The van der Waals surface area contributed by atoms with Crippen LogP contribution in [0.3, 0.4) is 0 Å². The molecule has 1 aromatic carbocycles. The average Bonchev–Trinajstić information content (AvgIpc) is 2.20. The van der Waals surface area contributed by atoms with E-state index in [2.05, 4.69) is 6.92 Å². The van der Waals surface area contributed by atoms with Gasteiger partial charge in [0.2, 0.25) is 0 Å². The first-order valence-electron chi connectivity index (χ1n) is 5.57. The zero-order valence-corrected chi connectivity index (χ0v) is 9.60. The molecular weight excluding hydrogens is 189 g/mol. The first-order valence-corrected chi connectivity index (χ1v) is 5.57. The normalized spacial score (nSPS) is 25.1. The number of rotatable bonds is 0. The summed E-state index contributed by atoms with van der Waals surface area (Å²) in [6, 6.07) is 1.99. The van der Waals surface area contributed by atoms with Crippen molar-refractivity contribution in [1.82, 2.24) is 0 Å². The van der Waals surface area contributed by atoms with Crippen LogP contribution in [0.5, 0.6) is 0 Å². The van der Waals surface area contributed by atoms with E-state index >= 15 is 0 Å². The van der Waals surface area contributed by atoms with Crippen LogP contribution >= 0.6 is 0 Å². The largest absolute Gasteiger partial charge is 0.324 e. The maximum atomic E-state index is 13.8. The van der Waals surface area contributed by atoms with Crippen LogP contribution in [0.2, 0.25) is 0 Å². The summed E-state index contributed by atoms with van der Waals surface area (Å²) < 4.78 is 13.8. The fourth-order valence-electron chi connectivity index (χ4n) is 2.63. The Labute approximate surface area is 90.5 Å². The average molecular weight is 207 g/mol. The molecule has 0 heterocycles. The minimum atomic E-state index is -0.0849. The number of hydrogen-bond acceptors (Lipinski definition) is 1. The van der Waals surface area contributed by atoms with E-state index in [4.69, 9.17) is 5.73 Å². The van der Waals surface area contributed by atoms with Gasteiger partial charge in [-0.3, -0.25) is 0 Å². The summed E-state index contributed by atoms with van der Waals surface area (Å²) >= 11 is 0. The number of nitrogens with two attached hydrogens (primary N) is 1. The molecule has 0 saturated heterocycles. The molecule has 0 fully saturated rings. The third kappa shape index (κ3) is 1.57. The molecule has 0 bridgehead atoms. The molecule has 1 aliphatic carbocycles. The fourth-order valence-corrected chi connectivity index (χ4v) is 2.63. The zero-order valence-electron chi connectivity index (χ0n) is 9.60. The Balaban J connectivity index is 2.68. The molecule has 0 saturated carbocycles. The topological polar surface area (TPSA) is 26.0 Å². The van der Waals surface area contributed by atoms with Crippen LogP contribution in [0.4, 0.5) is 4.39 Å². The van der Waals surface area contributed by atoms with Crippen molar-refractivity contribution in [3.05, 3.63) is 34.1 Å². The summed E-state index contributed by atoms with van der Waals surface area (Å²) in [6.07, 6.45) is 2.08. The molecule has 15 heavy (non-hydrogen) atoms. The van der Waals surface area contributed by atoms with Crippen LogP contribution in [0, 0.1) is 19.7 Å². The minimum absolute atomic E-state index is 0.0197. The van der Waals surface area contributed by atoms with Gasteiger partial charge in [0.25, 0.3) is 0 Å². The monoisotopic (exact) mass is 207 g/mol. The summed E-state index contributed by atoms with van der Waals surface area (Å²) in [5.74, 6) is 0.427. The maximum absolute atomic E-state index is 13.8. The highest BCUT2D eigenvalue weighted by Gasteiger charge is 2.26. The third-order valence-corrected chi connectivity index (χ3v) is 3.57. The molecule has 82 valence electrons. The van der Waals surface area contributed by atoms with Gasteiger partial charge in [0, 0.05) is 6.04 Å². The van der Waals surface area contributed by atoms with E-state index in [-0.39, 0.29) is 11.9 Å². The molecule has 2 atom stereocenters. The first-order chi connectivity index (χ1) is 7.02. The van der Waals surface area contributed by atoms with Crippen LogP contribution in [-0.4, -0.2) is 0 Å². The molecule has 0 aliphatic heterocycles. The van der Waals surface area contributed by atoms with Crippen molar-refractivity contribution in [1.29, 1.82) is 0 Å². The predicted molar refractivity (Wildman–Crippen MR) is 60.5 cm³/mol. The number of fused-ring (bicyclic) bond motifs is 1. The van der Waals surface area contributed by atoms with Gasteiger partial charge in [-0.05, 0) is 54.9 Å². The van der Waals surface area contributed by atoms with Gasteiger partial charge in [-0.15, -0.1) is 0 Å². The highest BCUT2D eigenvalue weighted by atomic mass is 19.1. The lowest BCUT2D eigenvalue weighted by molar-refractivity contribution is 0.501. The number of hydrogen-bond donors (Lipinski definition) is 1. The molecule has 2 rings (SSSR count).